The number of allylic oxidation sites excluding steroid dienone is 1. The second-order valence-electron chi connectivity index (χ2n) is 15.2. The fourth-order valence-corrected chi connectivity index (χ4v) is 6.12. The highest BCUT2D eigenvalue weighted by Crippen LogP contribution is 2.10. The van der Waals surface area contributed by atoms with E-state index in [0.29, 0.717) is 6.42 Å². The molecular weight excluding hydrogens is 918 g/mol. The molecule has 1 saturated heterocycles. The van der Waals surface area contributed by atoms with Crippen molar-refractivity contribution < 1.29 is 83.0 Å². The van der Waals surface area contributed by atoms with Crippen molar-refractivity contribution in [1.82, 2.24) is 42.5 Å². The molecule has 378 valence electrons. The molecule has 11 atom stereocenters. The van der Waals surface area contributed by atoms with Gasteiger partial charge in [-0.15, -0.1) is 11.6 Å². The first-order chi connectivity index (χ1) is 31.5. The molecule has 0 aromatic rings. The molecule has 0 aromatic heterocycles. The van der Waals surface area contributed by atoms with E-state index in [2.05, 4.69) is 31.9 Å². The lowest BCUT2D eigenvalue weighted by Gasteiger charge is -2.28. The van der Waals surface area contributed by atoms with E-state index in [1.807, 2.05) is 10.6 Å². The molecule has 0 aromatic carbocycles. The zero-order chi connectivity index (χ0) is 51.1. The highest BCUT2D eigenvalue weighted by molar-refractivity contribution is 6.18. The second-order valence-corrected chi connectivity index (χ2v) is 15.5. The van der Waals surface area contributed by atoms with Gasteiger partial charge in [0.05, 0.1) is 30.4 Å². The van der Waals surface area contributed by atoms with Crippen LogP contribution in [0.5, 0.6) is 0 Å². The standard InChI is InChI=1S/C38H62ClN11O17/c1-4-18-30(57)50-27(28(55)37(64)65)36(63)49-26(23(52)14-39)38(66)67-15-16(2)29(56)44-20(8-11-41)32(59)47-22(13-24(53)54)34(61)45-19(7-5-6-10-40)31(58)46-21(9-12-42)33(60)48-25(17(3)51)35(62)43-18/h4,16-17,19-23,25-28,51-52,55H,5-15,40-42H2,1-3H3,(H,43,62)(H,44,56)(H,45,61)(H,46,58)(H,47,59)(H,48,60)(H,49,63)(H,50,57)(H,53,54)(H,64,65)/b18-4+. The van der Waals surface area contributed by atoms with Crippen molar-refractivity contribution in [2.24, 2.45) is 23.1 Å². The highest BCUT2D eigenvalue weighted by Gasteiger charge is 2.40. The number of ether oxygens (including phenoxy) is 1. The molecule has 0 bridgehead atoms. The normalized spacial score (nSPS) is 27.1. The zero-order valence-electron chi connectivity index (χ0n) is 37.0. The minimum atomic E-state index is -2.75. The number of rotatable bonds is 15. The Bertz CT molecular complexity index is 1820. The van der Waals surface area contributed by atoms with Crippen molar-refractivity contribution in [3.8, 4) is 0 Å². The number of hydrogen-bond donors (Lipinski definition) is 16. The Morgan fingerprint density at radius 1 is 0.672 bits per heavy atom. The van der Waals surface area contributed by atoms with Gasteiger partial charge < -0.3 is 90.0 Å². The van der Waals surface area contributed by atoms with E-state index in [-0.39, 0.29) is 45.3 Å². The molecule has 8 amide bonds. The van der Waals surface area contributed by atoms with E-state index in [1.165, 1.54) is 13.8 Å². The van der Waals surface area contributed by atoms with Gasteiger partial charge in [-0.2, -0.15) is 0 Å². The van der Waals surface area contributed by atoms with Gasteiger partial charge in [0.1, 0.15) is 48.6 Å². The van der Waals surface area contributed by atoms with Crippen LogP contribution in [-0.4, -0.2) is 183 Å². The first-order valence-corrected chi connectivity index (χ1v) is 21.4. The van der Waals surface area contributed by atoms with Gasteiger partial charge in [-0.25, -0.2) is 9.59 Å². The molecule has 1 aliphatic rings. The first kappa shape index (κ1) is 59.0. The molecule has 0 radical (unpaired) electrons. The van der Waals surface area contributed by atoms with Gasteiger partial charge >= 0.3 is 17.9 Å². The number of carboxylic acids is 2. The summed E-state index contributed by atoms with van der Waals surface area (Å²) in [6.45, 7) is 2.29. The van der Waals surface area contributed by atoms with Gasteiger partial charge in [-0.05, 0) is 65.6 Å². The SMILES string of the molecule is C/C=C1/NC(=O)C(C(C)O)NC(=O)C(CCN)NC(=O)C(CCCCN)NC(=O)C(CC(=O)O)NC(=O)C(CCN)NC(=O)C(C)COC(=O)C(C(O)CCl)NC(=O)C(C(O)C(=O)O)NC1=O. The van der Waals surface area contributed by atoms with Crippen LogP contribution in [0.4, 0.5) is 0 Å². The summed E-state index contributed by atoms with van der Waals surface area (Å²) < 4.78 is 5.11. The van der Waals surface area contributed by atoms with E-state index < -0.39 is 156 Å². The third-order valence-corrected chi connectivity index (χ3v) is 10.1. The Hall–Kier alpha value is -6.04. The lowest BCUT2D eigenvalue weighted by molar-refractivity contribution is -0.155. The first-order valence-electron chi connectivity index (χ1n) is 20.9. The van der Waals surface area contributed by atoms with Crippen molar-refractivity contribution >= 4 is 76.8 Å². The number of esters is 1. The Labute approximate surface area is 388 Å². The molecule has 0 saturated carbocycles. The van der Waals surface area contributed by atoms with Gasteiger partial charge in [-0.3, -0.25) is 43.2 Å². The number of amides is 8. The summed E-state index contributed by atoms with van der Waals surface area (Å²) in [5.74, 6) is -17.0. The largest absolute Gasteiger partial charge is 0.481 e. The molecule has 11 unspecified atom stereocenters. The summed E-state index contributed by atoms with van der Waals surface area (Å²) in [7, 11) is 0. The summed E-state index contributed by atoms with van der Waals surface area (Å²) >= 11 is 5.73. The van der Waals surface area contributed by atoms with Gasteiger partial charge in [0.2, 0.25) is 41.4 Å². The minimum Gasteiger partial charge on any atom is -0.481 e. The predicted molar refractivity (Wildman–Crippen MR) is 230 cm³/mol. The molecular formula is C38H62ClN11O17. The van der Waals surface area contributed by atoms with Gasteiger partial charge in [0, 0.05) is 0 Å². The van der Waals surface area contributed by atoms with Crippen molar-refractivity contribution in [3.63, 3.8) is 0 Å². The number of nitrogens with two attached hydrogens (primary N) is 3. The number of hydrogen-bond acceptors (Lipinski definition) is 18. The number of nitrogens with one attached hydrogen (secondary N) is 8. The fourth-order valence-electron chi connectivity index (χ4n) is 5.94. The number of alkyl halides is 1. The number of halogens is 1. The van der Waals surface area contributed by atoms with E-state index in [0.717, 1.165) is 13.0 Å². The second kappa shape index (κ2) is 29.6. The number of carbonyl (C=O) groups is 11. The van der Waals surface area contributed by atoms with Crippen LogP contribution < -0.4 is 59.7 Å². The molecule has 19 N–H and O–H groups in total. The van der Waals surface area contributed by atoms with Crippen LogP contribution in [0, 0.1) is 5.92 Å². The number of aliphatic hydroxyl groups excluding tert-OH is 3. The van der Waals surface area contributed by atoms with Crippen molar-refractivity contribution in [1.29, 1.82) is 0 Å². The monoisotopic (exact) mass is 979 g/mol. The quantitative estimate of drug-likeness (QED) is 0.0314. The van der Waals surface area contributed by atoms with E-state index in [1.54, 1.807) is 0 Å². The predicted octanol–water partition coefficient (Wildman–Crippen LogP) is -7.68. The zero-order valence-corrected chi connectivity index (χ0v) is 37.7. The Morgan fingerprint density at radius 3 is 1.64 bits per heavy atom. The maximum atomic E-state index is 13.8. The number of aliphatic hydroxyl groups is 3. The molecule has 0 aliphatic carbocycles. The third-order valence-electron chi connectivity index (χ3n) is 9.78. The summed E-state index contributed by atoms with van der Waals surface area (Å²) in [5, 5.41) is 68.1. The molecule has 67 heavy (non-hydrogen) atoms. The van der Waals surface area contributed by atoms with Crippen molar-refractivity contribution in [2.75, 3.05) is 32.1 Å². The van der Waals surface area contributed by atoms with Gasteiger partial charge in [-0.1, -0.05) is 13.0 Å². The smallest absolute Gasteiger partial charge is 0.335 e. The molecule has 0 spiro atoms. The van der Waals surface area contributed by atoms with E-state index in [9.17, 15) is 78.3 Å². The molecule has 29 heteroatoms. The van der Waals surface area contributed by atoms with Crippen LogP contribution in [0.25, 0.3) is 0 Å². The van der Waals surface area contributed by atoms with Crippen LogP contribution >= 0.6 is 11.6 Å². The number of aliphatic carboxylic acids is 2. The van der Waals surface area contributed by atoms with Crippen LogP contribution in [0.1, 0.15) is 59.3 Å². The third kappa shape index (κ3) is 19.4. The van der Waals surface area contributed by atoms with Crippen LogP contribution in [0.2, 0.25) is 0 Å². The van der Waals surface area contributed by atoms with Crippen LogP contribution in [0.15, 0.2) is 11.8 Å². The Kier molecular flexibility index (Phi) is 26.0. The van der Waals surface area contributed by atoms with Gasteiger partial charge in [0.15, 0.2) is 12.1 Å². The maximum Gasteiger partial charge on any atom is 0.335 e. The highest BCUT2D eigenvalue weighted by atomic mass is 35.5. The molecule has 1 rings (SSSR count). The van der Waals surface area contributed by atoms with Crippen LogP contribution in [-0.2, 0) is 57.5 Å². The fraction of sp³-hybridized carbons (Fsp3) is 0.658. The maximum absolute atomic E-state index is 13.8. The number of carbonyl (C=O) groups excluding carboxylic acids is 9. The lowest BCUT2D eigenvalue weighted by Crippen LogP contribution is -2.62. The molecule has 1 fully saturated rings. The van der Waals surface area contributed by atoms with Crippen LogP contribution in [0.3, 0.4) is 0 Å². The van der Waals surface area contributed by atoms with E-state index >= 15 is 0 Å². The average Bonchev–Trinajstić information content (AvgIpc) is 3.27. The molecule has 1 heterocycles. The van der Waals surface area contributed by atoms with Crippen molar-refractivity contribution in [2.45, 2.75) is 120 Å². The number of carboxylic acid groups (broad SMARTS) is 2. The lowest BCUT2D eigenvalue weighted by atomic mass is 10.0. The Morgan fingerprint density at radius 2 is 1.16 bits per heavy atom. The van der Waals surface area contributed by atoms with Gasteiger partial charge in [0.25, 0.3) is 5.91 Å². The molecule has 28 nitrogen and oxygen atoms in total. The summed E-state index contributed by atoms with van der Waals surface area (Å²) in [6, 6.07) is -13.1. The van der Waals surface area contributed by atoms with Crippen molar-refractivity contribution in [3.05, 3.63) is 11.8 Å². The summed E-state index contributed by atoms with van der Waals surface area (Å²) in [5.41, 5.74) is 16.2. The topological polar surface area (TPSA) is 472 Å². The average molecular weight is 980 g/mol. The summed E-state index contributed by atoms with van der Waals surface area (Å²) in [4.78, 5) is 145. The van der Waals surface area contributed by atoms with E-state index in [4.69, 9.17) is 33.5 Å². The summed E-state index contributed by atoms with van der Waals surface area (Å²) in [6.07, 6.45) is -6.77. The minimum absolute atomic E-state index is 0.141. The molecule has 1 aliphatic heterocycles. The number of unbranched alkanes of at least 4 members (excludes halogenated alkanes) is 1. The number of cyclic esters (lactones) is 1. The Balaban J connectivity index is 3.92.